The van der Waals surface area contributed by atoms with Crippen molar-refractivity contribution in [3.05, 3.63) is 0 Å². The van der Waals surface area contributed by atoms with E-state index in [9.17, 15) is 14.4 Å². The molecule has 0 aliphatic heterocycles. The molecule has 1 unspecified atom stereocenters. The van der Waals surface area contributed by atoms with E-state index in [1.807, 2.05) is 0 Å². The van der Waals surface area contributed by atoms with E-state index in [0.717, 1.165) is 32.1 Å². The Morgan fingerprint density at radius 1 is 1.24 bits per heavy atom. The van der Waals surface area contributed by atoms with Crippen LogP contribution in [0.1, 0.15) is 38.5 Å². The van der Waals surface area contributed by atoms with Gasteiger partial charge in [-0.25, -0.2) is 0 Å². The van der Waals surface area contributed by atoms with Gasteiger partial charge in [-0.2, -0.15) is 0 Å². The summed E-state index contributed by atoms with van der Waals surface area (Å²) in [5.74, 6) is -2.28. The molecule has 2 amide bonds. The van der Waals surface area contributed by atoms with Gasteiger partial charge in [-0.15, -0.1) is 0 Å². The van der Waals surface area contributed by atoms with E-state index in [-0.39, 0.29) is 18.2 Å². The minimum absolute atomic E-state index is 0.117. The quantitative estimate of drug-likeness (QED) is 0.643. The third-order valence-corrected chi connectivity index (χ3v) is 2.96. The molecular weight excluding hydrogens is 224 g/mol. The molecule has 1 aliphatic rings. The summed E-state index contributed by atoms with van der Waals surface area (Å²) in [6.45, 7) is 0. The fourth-order valence-electron chi connectivity index (χ4n) is 1.94. The molecule has 1 saturated carbocycles. The number of imide groups is 1. The van der Waals surface area contributed by atoms with Crippen molar-refractivity contribution >= 4 is 17.8 Å². The van der Waals surface area contributed by atoms with Crippen molar-refractivity contribution in [2.24, 2.45) is 11.7 Å². The number of amides is 2. The van der Waals surface area contributed by atoms with Gasteiger partial charge in [-0.3, -0.25) is 19.7 Å². The Labute approximate surface area is 99.6 Å². The van der Waals surface area contributed by atoms with Crippen molar-refractivity contribution in [2.45, 2.75) is 44.6 Å². The first-order valence-corrected chi connectivity index (χ1v) is 5.82. The number of carboxylic acid groups (broad SMARTS) is 1. The lowest BCUT2D eigenvalue weighted by molar-refractivity contribution is -0.142. The largest absolute Gasteiger partial charge is 0.480 e. The van der Waals surface area contributed by atoms with E-state index in [1.165, 1.54) is 0 Å². The van der Waals surface area contributed by atoms with Crippen LogP contribution in [0.15, 0.2) is 0 Å². The van der Waals surface area contributed by atoms with Crippen LogP contribution in [0, 0.1) is 5.92 Å². The summed E-state index contributed by atoms with van der Waals surface area (Å²) in [6.07, 6.45) is 4.35. The zero-order valence-electron chi connectivity index (χ0n) is 9.65. The molecule has 0 bridgehead atoms. The average molecular weight is 242 g/mol. The second-order valence-corrected chi connectivity index (χ2v) is 4.40. The highest BCUT2D eigenvalue weighted by Crippen LogP contribution is 2.23. The summed E-state index contributed by atoms with van der Waals surface area (Å²) in [7, 11) is 0. The van der Waals surface area contributed by atoms with Gasteiger partial charge in [0.05, 0.1) is 6.42 Å². The van der Waals surface area contributed by atoms with Crippen LogP contribution in [0.5, 0.6) is 0 Å². The van der Waals surface area contributed by atoms with E-state index >= 15 is 0 Å². The minimum atomic E-state index is -1.26. The predicted octanol–water partition coefficient (Wildman–Crippen LogP) is 0.0115. The maximum absolute atomic E-state index is 11.6. The number of hydrogen-bond acceptors (Lipinski definition) is 4. The predicted molar refractivity (Wildman–Crippen MR) is 60.0 cm³/mol. The number of carboxylic acids is 1. The van der Waals surface area contributed by atoms with Crippen molar-refractivity contribution in [1.29, 1.82) is 0 Å². The lowest BCUT2D eigenvalue weighted by Gasteiger charge is -2.20. The molecule has 96 valence electrons. The van der Waals surface area contributed by atoms with Crippen molar-refractivity contribution in [2.75, 3.05) is 0 Å². The first kappa shape index (κ1) is 13.6. The lowest BCUT2D eigenvalue weighted by Crippen LogP contribution is -2.41. The van der Waals surface area contributed by atoms with Gasteiger partial charge in [-0.1, -0.05) is 19.3 Å². The van der Waals surface area contributed by atoms with Crippen LogP contribution >= 0.6 is 0 Å². The minimum Gasteiger partial charge on any atom is -0.480 e. The lowest BCUT2D eigenvalue weighted by atomic mass is 9.88. The highest BCUT2D eigenvalue weighted by molar-refractivity contribution is 5.97. The molecule has 1 aliphatic carbocycles. The summed E-state index contributed by atoms with van der Waals surface area (Å²) in [4.78, 5) is 33.4. The molecule has 1 fully saturated rings. The van der Waals surface area contributed by atoms with E-state index < -0.39 is 17.9 Å². The zero-order valence-corrected chi connectivity index (χ0v) is 9.65. The third kappa shape index (κ3) is 4.52. The molecule has 0 aromatic carbocycles. The molecule has 0 aromatic heterocycles. The van der Waals surface area contributed by atoms with Crippen LogP contribution in [0.2, 0.25) is 0 Å². The summed E-state index contributed by atoms with van der Waals surface area (Å²) in [5.41, 5.74) is 5.20. The van der Waals surface area contributed by atoms with Gasteiger partial charge < -0.3 is 10.8 Å². The number of nitrogens with one attached hydrogen (secondary N) is 1. The Bertz CT molecular complexity index is 311. The van der Waals surface area contributed by atoms with Gasteiger partial charge in [0.15, 0.2) is 0 Å². The second-order valence-electron chi connectivity index (χ2n) is 4.40. The summed E-state index contributed by atoms with van der Waals surface area (Å²) in [5, 5.41) is 10.7. The number of aliphatic carboxylic acids is 1. The number of carbonyl (C=O) groups excluding carboxylic acids is 2. The fraction of sp³-hybridized carbons (Fsp3) is 0.727. The first-order valence-electron chi connectivity index (χ1n) is 5.82. The van der Waals surface area contributed by atoms with E-state index in [1.54, 1.807) is 0 Å². The molecule has 0 radical (unpaired) electrons. The summed E-state index contributed by atoms with van der Waals surface area (Å²) < 4.78 is 0. The molecule has 0 saturated heterocycles. The monoisotopic (exact) mass is 242 g/mol. The Balaban J connectivity index is 2.34. The van der Waals surface area contributed by atoms with E-state index in [4.69, 9.17) is 10.8 Å². The maximum atomic E-state index is 11.6. The van der Waals surface area contributed by atoms with Gasteiger partial charge in [0.2, 0.25) is 11.8 Å². The molecule has 1 atom stereocenters. The number of nitrogens with two attached hydrogens (primary N) is 1. The fourth-order valence-corrected chi connectivity index (χ4v) is 1.94. The van der Waals surface area contributed by atoms with Crippen molar-refractivity contribution in [3.8, 4) is 0 Å². The maximum Gasteiger partial charge on any atom is 0.321 e. The number of carbonyl (C=O) groups is 3. The van der Waals surface area contributed by atoms with Gasteiger partial charge in [0, 0.05) is 5.92 Å². The van der Waals surface area contributed by atoms with Crippen molar-refractivity contribution < 1.29 is 19.5 Å². The van der Waals surface area contributed by atoms with Gasteiger partial charge in [-0.05, 0) is 12.8 Å². The SMILES string of the molecule is NC(CC(=O)NC(=O)C1CCCCC1)C(=O)O. The van der Waals surface area contributed by atoms with Crippen LogP contribution in [0.3, 0.4) is 0 Å². The van der Waals surface area contributed by atoms with Crippen LogP contribution in [0.4, 0.5) is 0 Å². The van der Waals surface area contributed by atoms with Crippen LogP contribution in [-0.4, -0.2) is 28.9 Å². The number of rotatable bonds is 4. The summed E-state index contributed by atoms with van der Waals surface area (Å²) >= 11 is 0. The van der Waals surface area contributed by atoms with Crippen molar-refractivity contribution in [3.63, 3.8) is 0 Å². The van der Waals surface area contributed by atoms with Gasteiger partial charge in [0.1, 0.15) is 6.04 Å². The molecule has 0 spiro atoms. The van der Waals surface area contributed by atoms with Crippen LogP contribution in [0.25, 0.3) is 0 Å². The molecular formula is C11H18N2O4. The topological polar surface area (TPSA) is 109 Å². The Kier molecular flexibility index (Phi) is 5.09. The second kappa shape index (κ2) is 6.34. The highest BCUT2D eigenvalue weighted by atomic mass is 16.4. The molecule has 6 heteroatoms. The third-order valence-electron chi connectivity index (χ3n) is 2.96. The normalized spacial score (nSPS) is 18.4. The standard InChI is InChI=1S/C11H18N2O4/c12-8(11(16)17)6-9(14)13-10(15)7-4-2-1-3-5-7/h7-8H,1-6,12H2,(H,16,17)(H,13,14,15). The number of hydrogen-bond donors (Lipinski definition) is 3. The van der Waals surface area contributed by atoms with E-state index in [0.29, 0.717) is 0 Å². The average Bonchev–Trinajstić information content (AvgIpc) is 2.29. The van der Waals surface area contributed by atoms with E-state index in [2.05, 4.69) is 5.32 Å². The molecule has 17 heavy (non-hydrogen) atoms. The van der Waals surface area contributed by atoms with Crippen molar-refractivity contribution in [1.82, 2.24) is 5.32 Å². The zero-order chi connectivity index (χ0) is 12.8. The van der Waals surface area contributed by atoms with Gasteiger partial charge >= 0.3 is 5.97 Å². The molecule has 6 nitrogen and oxygen atoms in total. The Morgan fingerprint density at radius 2 is 1.82 bits per heavy atom. The Hall–Kier alpha value is -1.43. The van der Waals surface area contributed by atoms with Crippen LogP contribution in [-0.2, 0) is 14.4 Å². The van der Waals surface area contributed by atoms with Crippen LogP contribution < -0.4 is 11.1 Å². The Morgan fingerprint density at radius 3 is 2.35 bits per heavy atom. The molecule has 0 aromatic rings. The smallest absolute Gasteiger partial charge is 0.321 e. The molecule has 4 N–H and O–H groups in total. The first-order chi connectivity index (χ1) is 8.00. The molecule has 1 rings (SSSR count). The molecule has 0 heterocycles. The highest BCUT2D eigenvalue weighted by Gasteiger charge is 2.24. The summed E-state index contributed by atoms with van der Waals surface area (Å²) in [6, 6.07) is -1.26. The van der Waals surface area contributed by atoms with Gasteiger partial charge in [0.25, 0.3) is 0 Å².